The van der Waals surface area contributed by atoms with Crippen LogP contribution in [0.1, 0.15) is 23.9 Å². The Bertz CT molecular complexity index is 982. The van der Waals surface area contributed by atoms with Crippen molar-refractivity contribution in [1.29, 1.82) is 0 Å². The third kappa shape index (κ3) is 4.49. The molecule has 0 fully saturated rings. The normalized spacial score (nSPS) is 10.6. The fourth-order valence-electron chi connectivity index (χ4n) is 3.21. The smallest absolute Gasteiger partial charge is 0.319 e. The van der Waals surface area contributed by atoms with Crippen molar-refractivity contribution in [2.75, 3.05) is 11.9 Å². The molecule has 146 valence electrons. The molecule has 2 amide bonds. The first-order valence-corrected chi connectivity index (χ1v) is 9.57. The van der Waals surface area contributed by atoms with Gasteiger partial charge in [-0.15, -0.1) is 0 Å². The van der Waals surface area contributed by atoms with Crippen LogP contribution in [0.15, 0.2) is 54.6 Å². The molecule has 6 heteroatoms. The predicted molar refractivity (Wildman–Crippen MR) is 114 cm³/mol. The minimum absolute atomic E-state index is 0.278. The van der Waals surface area contributed by atoms with Crippen molar-refractivity contribution in [2.45, 2.75) is 27.3 Å². The average Bonchev–Trinajstić information content (AvgIpc) is 2.95. The predicted octanol–water partition coefficient (Wildman–Crippen LogP) is 5.47. The minimum atomic E-state index is -0.278. The first kappa shape index (κ1) is 19.8. The van der Waals surface area contributed by atoms with E-state index in [4.69, 9.17) is 16.3 Å². The van der Waals surface area contributed by atoms with E-state index in [9.17, 15) is 4.79 Å². The molecule has 3 rings (SSSR count). The molecule has 0 aliphatic heterocycles. The molecule has 2 N–H and O–H groups in total. The second-order valence-corrected chi connectivity index (χ2v) is 6.88. The summed E-state index contributed by atoms with van der Waals surface area (Å²) in [6.45, 7) is 6.94. The molecule has 0 saturated heterocycles. The lowest BCUT2D eigenvalue weighted by molar-refractivity contribution is 0.251. The lowest BCUT2D eigenvalue weighted by atomic mass is 10.2. The molecule has 1 heterocycles. The molecule has 28 heavy (non-hydrogen) atoms. The molecule has 0 radical (unpaired) electrons. The summed E-state index contributed by atoms with van der Waals surface area (Å²) in [5.41, 5.74) is 4.84. The Morgan fingerprint density at radius 3 is 2.64 bits per heavy atom. The Labute approximate surface area is 170 Å². The molecular weight excluding hydrogens is 374 g/mol. The van der Waals surface area contributed by atoms with Crippen LogP contribution >= 0.6 is 11.6 Å². The fraction of sp³-hybridized carbons (Fsp3) is 0.227. The van der Waals surface area contributed by atoms with E-state index < -0.39 is 0 Å². The third-order valence-corrected chi connectivity index (χ3v) is 4.71. The highest BCUT2D eigenvalue weighted by Crippen LogP contribution is 2.24. The molecule has 0 atom stereocenters. The topological polar surface area (TPSA) is 55.3 Å². The molecule has 3 aromatic rings. The number of hydrogen-bond acceptors (Lipinski definition) is 2. The molecule has 0 aliphatic rings. The second kappa shape index (κ2) is 8.85. The zero-order chi connectivity index (χ0) is 20.1. The van der Waals surface area contributed by atoms with Gasteiger partial charge in [-0.3, -0.25) is 0 Å². The number of amides is 2. The zero-order valence-electron chi connectivity index (χ0n) is 16.3. The van der Waals surface area contributed by atoms with Crippen molar-refractivity contribution in [2.24, 2.45) is 0 Å². The Kier molecular flexibility index (Phi) is 6.26. The maximum Gasteiger partial charge on any atom is 0.319 e. The Balaban J connectivity index is 1.70. The van der Waals surface area contributed by atoms with E-state index >= 15 is 0 Å². The summed E-state index contributed by atoms with van der Waals surface area (Å²) in [5, 5.41) is 6.45. The fourth-order valence-corrected chi connectivity index (χ4v) is 3.40. The van der Waals surface area contributed by atoms with Crippen LogP contribution in [0.3, 0.4) is 0 Å². The number of para-hydroxylation sites is 2. The number of anilines is 1. The summed E-state index contributed by atoms with van der Waals surface area (Å²) >= 11 is 6.13. The standard InChI is InChI=1S/C22H24ClN3O2/c1-4-28-21-11-6-5-10-20(21)25-22(27)24-14-17-12-15(2)26(16(17)3)19-9-7-8-18(23)13-19/h5-13H,4,14H2,1-3H3,(H2,24,25,27). The number of nitrogens with zero attached hydrogens (tertiary/aromatic N) is 1. The number of carbonyl (C=O) groups excluding carboxylic acids is 1. The number of aromatic nitrogens is 1. The summed E-state index contributed by atoms with van der Waals surface area (Å²) < 4.78 is 7.67. The van der Waals surface area contributed by atoms with Gasteiger partial charge in [0.1, 0.15) is 5.75 Å². The van der Waals surface area contributed by atoms with Gasteiger partial charge in [0.25, 0.3) is 0 Å². The first-order chi connectivity index (χ1) is 13.5. The molecule has 2 aromatic carbocycles. The molecule has 5 nitrogen and oxygen atoms in total. The summed E-state index contributed by atoms with van der Waals surface area (Å²) in [5.74, 6) is 0.652. The molecule has 0 unspecified atom stereocenters. The van der Waals surface area contributed by atoms with Crippen LogP contribution in [0.25, 0.3) is 5.69 Å². The minimum Gasteiger partial charge on any atom is -0.492 e. The molecule has 0 aliphatic carbocycles. The van der Waals surface area contributed by atoms with Crippen LogP contribution in [0.4, 0.5) is 10.5 Å². The van der Waals surface area contributed by atoms with E-state index in [0.717, 1.165) is 22.6 Å². The molecule has 1 aromatic heterocycles. The number of carbonyl (C=O) groups is 1. The lowest BCUT2D eigenvalue weighted by Crippen LogP contribution is -2.28. The number of nitrogens with one attached hydrogen (secondary N) is 2. The van der Waals surface area contributed by atoms with Crippen LogP contribution < -0.4 is 15.4 Å². The number of benzene rings is 2. The quantitative estimate of drug-likeness (QED) is 0.579. The van der Waals surface area contributed by atoms with E-state index in [1.807, 2.05) is 69.3 Å². The van der Waals surface area contributed by atoms with Gasteiger partial charge in [0.2, 0.25) is 0 Å². The van der Waals surface area contributed by atoms with Crippen molar-refractivity contribution in [1.82, 2.24) is 9.88 Å². The van der Waals surface area contributed by atoms with Gasteiger partial charge < -0.3 is 19.9 Å². The third-order valence-electron chi connectivity index (χ3n) is 4.48. The summed E-state index contributed by atoms with van der Waals surface area (Å²) in [4.78, 5) is 12.4. The van der Waals surface area contributed by atoms with E-state index in [1.54, 1.807) is 0 Å². The van der Waals surface area contributed by atoms with Crippen molar-refractivity contribution >= 4 is 23.3 Å². The SMILES string of the molecule is CCOc1ccccc1NC(=O)NCc1cc(C)n(-c2cccc(Cl)c2)c1C. The van der Waals surface area contributed by atoms with Gasteiger partial charge in [-0.25, -0.2) is 4.79 Å². The van der Waals surface area contributed by atoms with Crippen LogP contribution in [0.5, 0.6) is 5.75 Å². The molecular formula is C22H24ClN3O2. The Morgan fingerprint density at radius 1 is 1.11 bits per heavy atom. The van der Waals surface area contributed by atoms with Crippen LogP contribution in [0, 0.1) is 13.8 Å². The van der Waals surface area contributed by atoms with Gasteiger partial charge in [0, 0.05) is 28.6 Å². The highest BCUT2D eigenvalue weighted by Gasteiger charge is 2.13. The molecule has 0 bridgehead atoms. The maximum atomic E-state index is 12.4. The average molecular weight is 398 g/mol. The summed E-state index contributed by atoms with van der Waals surface area (Å²) in [7, 11) is 0. The monoisotopic (exact) mass is 397 g/mol. The van der Waals surface area contributed by atoms with Crippen molar-refractivity contribution in [3.8, 4) is 11.4 Å². The van der Waals surface area contributed by atoms with Crippen molar-refractivity contribution in [3.05, 3.63) is 76.6 Å². The highest BCUT2D eigenvalue weighted by molar-refractivity contribution is 6.30. The second-order valence-electron chi connectivity index (χ2n) is 6.45. The van der Waals surface area contributed by atoms with Crippen LogP contribution in [0.2, 0.25) is 5.02 Å². The number of ether oxygens (including phenoxy) is 1. The van der Waals surface area contributed by atoms with Gasteiger partial charge in [-0.2, -0.15) is 0 Å². The van der Waals surface area contributed by atoms with E-state index in [1.165, 1.54) is 0 Å². The molecule has 0 saturated carbocycles. The zero-order valence-corrected chi connectivity index (χ0v) is 17.0. The van der Waals surface area contributed by atoms with E-state index in [2.05, 4.69) is 21.3 Å². The highest BCUT2D eigenvalue weighted by atomic mass is 35.5. The maximum absolute atomic E-state index is 12.4. The first-order valence-electron chi connectivity index (χ1n) is 9.20. The van der Waals surface area contributed by atoms with Crippen molar-refractivity contribution < 1.29 is 9.53 Å². The van der Waals surface area contributed by atoms with Crippen LogP contribution in [-0.2, 0) is 6.54 Å². The van der Waals surface area contributed by atoms with Gasteiger partial charge >= 0.3 is 6.03 Å². The van der Waals surface area contributed by atoms with E-state index in [-0.39, 0.29) is 6.03 Å². The number of urea groups is 1. The Hall–Kier alpha value is -2.92. The number of rotatable bonds is 6. The van der Waals surface area contributed by atoms with Gasteiger partial charge in [0.05, 0.1) is 12.3 Å². The van der Waals surface area contributed by atoms with Crippen LogP contribution in [-0.4, -0.2) is 17.2 Å². The number of aryl methyl sites for hydroxylation is 1. The summed E-state index contributed by atoms with van der Waals surface area (Å²) in [6, 6.07) is 16.9. The van der Waals surface area contributed by atoms with Gasteiger partial charge in [0.15, 0.2) is 0 Å². The summed E-state index contributed by atoms with van der Waals surface area (Å²) in [6.07, 6.45) is 0. The van der Waals surface area contributed by atoms with Crippen molar-refractivity contribution in [3.63, 3.8) is 0 Å². The largest absolute Gasteiger partial charge is 0.492 e. The number of halogens is 1. The lowest BCUT2D eigenvalue weighted by Gasteiger charge is -2.13. The Morgan fingerprint density at radius 2 is 1.89 bits per heavy atom. The van der Waals surface area contributed by atoms with Gasteiger partial charge in [-0.05, 0) is 62.7 Å². The molecule has 0 spiro atoms. The van der Waals surface area contributed by atoms with Gasteiger partial charge in [-0.1, -0.05) is 29.8 Å². The number of hydrogen-bond donors (Lipinski definition) is 2. The van der Waals surface area contributed by atoms with E-state index in [0.29, 0.717) is 29.6 Å².